The summed E-state index contributed by atoms with van der Waals surface area (Å²) in [7, 11) is 0. The number of nitrogens with one attached hydrogen (secondary N) is 1. The van der Waals surface area contributed by atoms with Gasteiger partial charge >= 0.3 is 5.97 Å². The number of nitrogens with two attached hydrogens (primary N) is 1. The average Bonchev–Trinajstić information content (AvgIpc) is 3.75. The lowest BCUT2D eigenvalue weighted by molar-refractivity contribution is -0.131. The fraction of sp³-hybridized carbons (Fsp3) is 0.386. The Labute approximate surface area is 336 Å². The van der Waals surface area contributed by atoms with Crippen molar-refractivity contribution in [3.63, 3.8) is 0 Å². The number of carbonyl (C=O) groups is 4. The van der Waals surface area contributed by atoms with Crippen LogP contribution in [0.3, 0.4) is 0 Å². The van der Waals surface area contributed by atoms with Gasteiger partial charge in [0, 0.05) is 56.1 Å². The lowest BCUT2D eigenvalue weighted by Crippen LogP contribution is -2.27. The summed E-state index contributed by atoms with van der Waals surface area (Å²) in [6, 6.07) is 16.2. The zero-order valence-corrected chi connectivity index (χ0v) is 32.7. The van der Waals surface area contributed by atoms with Crippen molar-refractivity contribution in [2.75, 3.05) is 18.8 Å². The highest BCUT2D eigenvalue weighted by molar-refractivity contribution is 5.94. The van der Waals surface area contributed by atoms with E-state index in [2.05, 4.69) is 51.7 Å². The van der Waals surface area contributed by atoms with Crippen molar-refractivity contribution >= 4 is 29.5 Å². The molecule has 4 N–H and O–H groups in total. The van der Waals surface area contributed by atoms with Crippen LogP contribution in [0.2, 0.25) is 0 Å². The van der Waals surface area contributed by atoms with Gasteiger partial charge in [-0.25, -0.2) is 9.78 Å². The molecule has 0 bridgehead atoms. The summed E-state index contributed by atoms with van der Waals surface area (Å²) in [5.74, 6) is 1.81. The van der Waals surface area contributed by atoms with Crippen LogP contribution >= 0.6 is 0 Å². The number of aromatic nitrogens is 5. The van der Waals surface area contributed by atoms with E-state index in [1.165, 1.54) is 12.4 Å². The Hall–Kier alpha value is -6.31. The van der Waals surface area contributed by atoms with E-state index in [9.17, 15) is 19.2 Å². The summed E-state index contributed by atoms with van der Waals surface area (Å²) in [5.41, 5.74) is 15.3. The maximum Gasteiger partial charge on any atom is 0.338 e. The molecule has 298 valence electrons. The fourth-order valence-electron chi connectivity index (χ4n) is 8.86. The average molecular weight is 782 g/mol. The molecule has 3 aromatic heterocycles. The number of benzene rings is 2. The number of aryl methyl sites for hydroxylation is 3. The number of carboxylic acids is 1. The Balaban J connectivity index is 0.000000160. The van der Waals surface area contributed by atoms with Crippen molar-refractivity contribution in [2.24, 2.45) is 23.7 Å². The SMILES string of the molecule is Cc1cc(CN2CC3CC3C2=O)ccc1Cn1cc(C(=O)N[C@@H]2CCc3nc(N)ccc32)cn1.Cc1cc(CN2CC3CC3C2=O)ccc1Cn1cc(C(=O)O)cn1. The van der Waals surface area contributed by atoms with Crippen LogP contribution in [0.15, 0.2) is 73.3 Å². The van der Waals surface area contributed by atoms with Crippen molar-refractivity contribution in [3.05, 3.63) is 129 Å². The molecule has 5 heterocycles. The molecular weight excluding hydrogens is 735 g/mol. The molecule has 4 fully saturated rings. The first-order valence-corrected chi connectivity index (χ1v) is 20.0. The number of hydrogen-bond donors (Lipinski definition) is 3. The van der Waals surface area contributed by atoms with Crippen LogP contribution in [-0.4, -0.2) is 76.2 Å². The first kappa shape index (κ1) is 37.3. The molecule has 0 radical (unpaired) electrons. The molecule has 14 heteroatoms. The van der Waals surface area contributed by atoms with Gasteiger partial charge in [-0.15, -0.1) is 0 Å². The van der Waals surface area contributed by atoms with Crippen LogP contribution in [-0.2, 0) is 42.2 Å². The maximum atomic E-state index is 12.8. The third-order valence-electron chi connectivity index (χ3n) is 12.4. The zero-order valence-electron chi connectivity index (χ0n) is 32.7. The summed E-state index contributed by atoms with van der Waals surface area (Å²) >= 11 is 0. The first-order valence-electron chi connectivity index (χ1n) is 20.0. The van der Waals surface area contributed by atoms with Crippen LogP contribution in [0.4, 0.5) is 5.82 Å². The smallest absolute Gasteiger partial charge is 0.338 e. The Bertz CT molecular complexity index is 2450. The third-order valence-corrected chi connectivity index (χ3v) is 12.4. The van der Waals surface area contributed by atoms with Crippen LogP contribution < -0.4 is 11.1 Å². The van der Waals surface area contributed by atoms with Crippen LogP contribution in [0, 0.1) is 37.5 Å². The van der Waals surface area contributed by atoms with Crippen molar-refractivity contribution in [2.45, 2.75) is 71.8 Å². The number of anilines is 1. The number of nitrogens with zero attached hydrogens (tertiary/aromatic N) is 7. The van der Waals surface area contributed by atoms with Gasteiger partial charge in [0.2, 0.25) is 11.8 Å². The number of piperidine rings is 2. The van der Waals surface area contributed by atoms with Crippen molar-refractivity contribution in [1.29, 1.82) is 0 Å². The predicted molar refractivity (Wildman–Crippen MR) is 213 cm³/mol. The highest BCUT2D eigenvalue weighted by Gasteiger charge is 2.52. The van der Waals surface area contributed by atoms with Crippen molar-refractivity contribution in [1.82, 2.24) is 39.7 Å². The summed E-state index contributed by atoms with van der Waals surface area (Å²) in [6.07, 6.45) is 10.1. The molecule has 3 aliphatic carbocycles. The van der Waals surface area contributed by atoms with E-state index in [1.54, 1.807) is 27.8 Å². The second-order valence-electron chi connectivity index (χ2n) is 16.7. The molecule has 0 spiro atoms. The monoisotopic (exact) mass is 781 g/mol. The molecule has 2 saturated carbocycles. The number of amides is 3. The van der Waals surface area contributed by atoms with E-state index in [-0.39, 0.29) is 17.5 Å². The van der Waals surface area contributed by atoms with E-state index in [0.29, 0.717) is 73.0 Å². The van der Waals surface area contributed by atoms with Crippen LogP contribution in [0.1, 0.15) is 90.7 Å². The second kappa shape index (κ2) is 14.9. The topological polar surface area (TPSA) is 182 Å². The first-order chi connectivity index (χ1) is 27.9. The summed E-state index contributed by atoms with van der Waals surface area (Å²) in [4.78, 5) is 56.4. The fourth-order valence-corrected chi connectivity index (χ4v) is 8.86. The van der Waals surface area contributed by atoms with E-state index in [1.807, 2.05) is 34.9 Å². The Kier molecular flexibility index (Phi) is 9.57. The molecule has 2 aliphatic heterocycles. The number of nitrogen functional groups attached to an aromatic ring is 1. The van der Waals surface area contributed by atoms with Gasteiger partial charge in [-0.1, -0.05) is 42.5 Å². The standard InChI is InChI=1S/C26H28N6O2.C18H19N3O3/c1-15-8-16(11-31-12-18-9-21(18)26(31)34)2-3-17(15)13-32-14-19(10-28-32)25(33)30-23-6-5-22-20(23)4-7-24(27)29-22;1-11-4-12(7-20-8-14-5-16(14)17(20)22)2-3-13(11)9-21-10-15(6-19-21)18(23)24/h2-4,7-8,10,14,18,21,23H,5-6,9,11-13H2,1H3,(H2,27,29)(H,30,33);2-4,6,10,14,16H,5,7-9H2,1H3,(H,23,24)/t18?,21?,23-;/m1./s1. The third kappa shape index (κ3) is 7.70. The number of fused-ring (bicyclic) bond motifs is 3. The minimum Gasteiger partial charge on any atom is -0.478 e. The molecule has 58 heavy (non-hydrogen) atoms. The highest BCUT2D eigenvalue weighted by atomic mass is 16.4. The van der Waals surface area contributed by atoms with Crippen LogP contribution in [0.25, 0.3) is 0 Å². The molecule has 5 atom stereocenters. The molecule has 2 aromatic carbocycles. The summed E-state index contributed by atoms with van der Waals surface area (Å²) in [6.45, 7) is 8.40. The maximum absolute atomic E-state index is 12.8. The lowest BCUT2D eigenvalue weighted by Gasteiger charge is -2.19. The highest BCUT2D eigenvalue weighted by Crippen LogP contribution is 2.47. The van der Waals surface area contributed by atoms with Gasteiger partial charge in [0.1, 0.15) is 5.82 Å². The van der Waals surface area contributed by atoms with E-state index >= 15 is 0 Å². The number of pyridine rings is 1. The van der Waals surface area contributed by atoms with Gasteiger partial charge in [-0.05, 0) is 96.4 Å². The normalized spacial score (nSPS) is 22.3. The Morgan fingerprint density at radius 1 is 0.776 bits per heavy atom. The van der Waals surface area contributed by atoms with E-state index in [0.717, 1.165) is 83.4 Å². The second-order valence-corrected chi connectivity index (χ2v) is 16.7. The minimum absolute atomic E-state index is 0.0536. The number of likely N-dealkylation sites (tertiary alicyclic amines) is 2. The molecule has 14 nitrogen and oxygen atoms in total. The van der Waals surface area contributed by atoms with Crippen molar-refractivity contribution < 1.29 is 24.3 Å². The number of aromatic carboxylic acids is 1. The van der Waals surface area contributed by atoms with Gasteiger partial charge in [-0.2, -0.15) is 10.2 Å². The number of hydrogen-bond acceptors (Lipinski definition) is 8. The molecule has 10 rings (SSSR count). The number of carboxylic acid groups (broad SMARTS) is 1. The van der Waals surface area contributed by atoms with E-state index < -0.39 is 5.97 Å². The zero-order chi connectivity index (χ0) is 40.2. The largest absolute Gasteiger partial charge is 0.478 e. The van der Waals surface area contributed by atoms with Crippen LogP contribution in [0.5, 0.6) is 0 Å². The van der Waals surface area contributed by atoms with Gasteiger partial charge in [0.15, 0.2) is 0 Å². The minimum atomic E-state index is -0.971. The quantitative estimate of drug-likeness (QED) is 0.174. The molecule has 5 aliphatic rings. The summed E-state index contributed by atoms with van der Waals surface area (Å²) in [5, 5.41) is 20.5. The van der Waals surface area contributed by atoms with Gasteiger partial charge < -0.3 is 26.0 Å². The number of rotatable bonds is 11. The molecule has 3 amide bonds. The lowest BCUT2D eigenvalue weighted by atomic mass is 10.0. The Morgan fingerprint density at radius 3 is 1.83 bits per heavy atom. The molecule has 2 saturated heterocycles. The number of carbonyl (C=O) groups excluding carboxylic acids is 3. The molecule has 5 aromatic rings. The molecule has 4 unspecified atom stereocenters. The van der Waals surface area contributed by atoms with E-state index in [4.69, 9.17) is 10.8 Å². The Morgan fingerprint density at radius 2 is 1.33 bits per heavy atom. The van der Waals surface area contributed by atoms with Crippen molar-refractivity contribution in [3.8, 4) is 0 Å². The van der Waals surface area contributed by atoms with Gasteiger partial charge in [-0.3, -0.25) is 23.7 Å². The van der Waals surface area contributed by atoms with Gasteiger partial charge in [0.25, 0.3) is 5.91 Å². The molecular formula is C44H47N9O5. The predicted octanol–water partition coefficient (Wildman–Crippen LogP) is 4.53. The summed E-state index contributed by atoms with van der Waals surface area (Å²) < 4.78 is 3.42. The van der Waals surface area contributed by atoms with Gasteiger partial charge in [0.05, 0.1) is 42.7 Å².